The number of carbonyl (C=O) groups is 1. The lowest BCUT2D eigenvalue weighted by molar-refractivity contribution is -0.382. The van der Waals surface area contributed by atoms with Gasteiger partial charge in [-0.3, -0.25) is 14.9 Å². The van der Waals surface area contributed by atoms with Crippen LogP contribution in [0.25, 0.3) is 11.0 Å². The second-order valence-corrected chi connectivity index (χ2v) is 6.07. The SMILES string of the molecule is CCN(CC)c1cc(Nc2ccc(NC(C)=O)cc2)c([N+](=O)[O-])c2nonc12. The molecule has 1 amide bonds. The first-order valence-electron chi connectivity index (χ1n) is 8.77. The zero-order valence-corrected chi connectivity index (χ0v) is 15.7. The predicted octanol–water partition coefficient (Wildman–Crippen LogP) is 3.68. The molecule has 10 heteroatoms. The van der Waals surface area contributed by atoms with Crippen LogP contribution >= 0.6 is 0 Å². The molecule has 0 aliphatic heterocycles. The number of hydrogen-bond acceptors (Lipinski definition) is 8. The number of nitro groups is 1. The fourth-order valence-electron chi connectivity index (χ4n) is 2.99. The Morgan fingerprint density at radius 3 is 2.32 bits per heavy atom. The van der Waals surface area contributed by atoms with Crippen LogP contribution in [-0.4, -0.2) is 34.2 Å². The lowest BCUT2D eigenvalue weighted by atomic mass is 10.1. The van der Waals surface area contributed by atoms with Crippen molar-refractivity contribution in [3.8, 4) is 0 Å². The highest BCUT2D eigenvalue weighted by atomic mass is 16.6. The number of nitrogens with one attached hydrogen (secondary N) is 2. The molecule has 28 heavy (non-hydrogen) atoms. The Balaban J connectivity index is 2.07. The van der Waals surface area contributed by atoms with Crippen molar-refractivity contribution in [1.82, 2.24) is 10.3 Å². The normalized spacial score (nSPS) is 10.7. The van der Waals surface area contributed by atoms with Gasteiger partial charge in [0.05, 0.1) is 10.6 Å². The quantitative estimate of drug-likeness (QED) is 0.466. The number of rotatable bonds is 7. The van der Waals surface area contributed by atoms with E-state index < -0.39 is 4.92 Å². The topological polar surface area (TPSA) is 126 Å². The van der Waals surface area contributed by atoms with E-state index in [0.29, 0.717) is 35.7 Å². The molecule has 0 fully saturated rings. The van der Waals surface area contributed by atoms with Crippen molar-refractivity contribution < 1.29 is 14.3 Å². The van der Waals surface area contributed by atoms with E-state index in [9.17, 15) is 14.9 Å². The smallest absolute Gasteiger partial charge is 0.324 e. The average Bonchev–Trinajstić information content (AvgIpc) is 3.13. The molecule has 1 heterocycles. The molecule has 0 radical (unpaired) electrons. The standard InChI is InChI=1S/C18H20N6O4/c1-4-23(5-2)15-10-14(18(24(26)27)17-16(15)21-28-22-17)20-13-8-6-12(7-9-13)19-11(3)25/h6-10,20H,4-5H2,1-3H3,(H,19,25). The first-order chi connectivity index (χ1) is 13.4. The molecule has 0 aliphatic rings. The number of carbonyl (C=O) groups excluding carboxylic acids is 1. The van der Waals surface area contributed by atoms with Gasteiger partial charge in [-0.25, -0.2) is 4.63 Å². The first kappa shape index (κ1) is 19.1. The predicted molar refractivity (Wildman–Crippen MR) is 106 cm³/mol. The molecule has 0 saturated heterocycles. The molecule has 2 aromatic carbocycles. The first-order valence-corrected chi connectivity index (χ1v) is 8.77. The molecular weight excluding hydrogens is 364 g/mol. The van der Waals surface area contributed by atoms with E-state index in [1.54, 1.807) is 30.3 Å². The summed E-state index contributed by atoms with van der Waals surface area (Å²) in [6.07, 6.45) is 0. The molecule has 3 aromatic rings. The van der Waals surface area contributed by atoms with Crippen molar-refractivity contribution in [2.45, 2.75) is 20.8 Å². The highest BCUT2D eigenvalue weighted by molar-refractivity contribution is 6.00. The Morgan fingerprint density at radius 2 is 1.75 bits per heavy atom. The van der Waals surface area contributed by atoms with Crippen LogP contribution in [0.5, 0.6) is 0 Å². The number of aromatic nitrogens is 2. The molecule has 3 rings (SSSR count). The number of amides is 1. The maximum atomic E-state index is 11.7. The summed E-state index contributed by atoms with van der Waals surface area (Å²) < 4.78 is 4.79. The number of fused-ring (bicyclic) bond motifs is 1. The largest absolute Gasteiger partial charge is 0.370 e. The highest BCUT2D eigenvalue weighted by Gasteiger charge is 2.27. The minimum Gasteiger partial charge on any atom is -0.370 e. The van der Waals surface area contributed by atoms with E-state index in [4.69, 9.17) is 4.63 Å². The van der Waals surface area contributed by atoms with E-state index in [0.717, 1.165) is 0 Å². The monoisotopic (exact) mass is 384 g/mol. The Morgan fingerprint density at radius 1 is 1.14 bits per heavy atom. The molecule has 10 nitrogen and oxygen atoms in total. The third kappa shape index (κ3) is 3.70. The van der Waals surface area contributed by atoms with Gasteiger partial charge in [-0.15, -0.1) is 0 Å². The highest BCUT2D eigenvalue weighted by Crippen LogP contribution is 2.39. The lowest BCUT2D eigenvalue weighted by Gasteiger charge is -2.21. The van der Waals surface area contributed by atoms with Crippen molar-refractivity contribution >= 4 is 45.4 Å². The Labute approximate surface area is 160 Å². The van der Waals surface area contributed by atoms with Gasteiger partial charge >= 0.3 is 5.69 Å². The third-order valence-electron chi connectivity index (χ3n) is 4.26. The van der Waals surface area contributed by atoms with Crippen LogP contribution in [0.15, 0.2) is 35.0 Å². The Hall–Kier alpha value is -3.69. The van der Waals surface area contributed by atoms with Crippen molar-refractivity contribution in [2.24, 2.45) is 0 Å². The van der Waals surface area contributed by atoms with Crippen molar-refractivity contribution in [2.75, 3.05) is 28.6 Å². The van der Waals surface area contributed by atoms with Crippen LogP contribution in [0.3, 0.4) is 0 Å². The van der Waals surface area contributed by atoms with Gasteiger partial charge in [0, 0.05) is 31.4 Å². The van der Waals surface area contributed by atoms with Gasteiger partial charge in [0.2, 0.25) is 11.4 Å². The maximum absolute atomic E-state index is 11.7. The van der Waals surface area contributed by atoms with Gasteiger partial charge in [-0.05, 0) is 54.5 Å². The summed E-state index contributed by atoms with van der Waals surface area (Å²) in [7, 11) is 0. The molecule has 0 unspecified atom stereocenters. The van der Waals surface area contributed by atoms with Crippen LogP contribution in [-0.2, 0) is 4.79 Å². The molecular formula is C18H20N6O4. The van der Waals surface area contributed by atoms with E-state index >= 15 is 0 Å². The summed E-state index contributed by atoms with van der Waals surface area (Å²) in [6.45, 7) is 6.78. The fourth-order valence-corrected chi connectivity index (χ4v) is 2.99. The Bertz CT molecular complexity index is 1010. The molecule has 0 atom stereocenters. The summed E-state index contributed by atoms with van der Waals surface area (Å²) in [6, 6.07) is 8.53. The second-order valence-electron chi connectivity index (χ2n) is 6.07. The molecule has 0 bridgehead atoms. The van der Waals surface area contributed by atoms with Crippen LogP contribution < -0.4 is 15.5 Å². The second kappa shape index (κ2) is 7.91. The average molecular weight is 384 g/mol. The maximum Gasteiger partial charge on any atom is 0.324 e. The van der Waals surface area contributed by atoms with E-state index in [2.05, 4.69) is 20.9 Å². The third-order valence-corrected chi connectivity index (χ3v) is 4.26. The lowest BCUT2D eigenvalue weighted by Crippen LogP contribution is -2.22. The number of hydrogen-bond donors (Lipinski definition) is 2. The van der Waals surface area contributed by atoms with Crippen molar-refractivity contribution in [3.63, 3.8) is 0 Å². The van der Waals surface area contributed by atoms with Crippen LogP contribution in [0.4, 0.5) is 28.4 Å². The summed E-state index contributed by atoms with van der Waals surface area (Å²) in [5.74, 6) is -0.177. The van der Waals surface area contributed by atoms with E-state index in [1.807, 2.05) is 18.7 Å². The van der Waals surface area contributed by atoms with Gasteiger partial charge in [-0.2, -0.15) is 0 Å². The van der Waals surface area contributed by atoms with Gasteiger partial charge in [0.25, 0.3) is 0 Å². The summed E-state index contributed by atoms with van der Waals surface area (Å²) in [5.41, 5.74) is 2.46. The zero-order valence-electron chi connectivity index (χ0n) is 15.7. The molecule has 0 spiro atoms. The minimum atomic E-state index is -0.507. The summed E-state index contributed by atoms with van der Waals surface area (Å²) in [4.78, 5) is 24.4. The van der Waals surface area contributed by atoms with E-state index in [-0.39, 0.29) is 22.8 Å². The van der Waals surface area contributed by atoms with Crippen LogP contribution in [0.2, 0.25) is 0 Å². The van der Waals surface area contributed by atoms with Gasteiger partial charge in [0.1, 0.15) is 5.69 Å². The number of nitro benzene ring substituents is 1. The number of nitrogens with zero attached hydrogens (tertiary/aromatic N) is 4. The van der Waals surface area contributed by atoms with Crippen LogP contribution in [0, 0.1) is 10.1 Å². The molecule has 146 valence electrons. The van der Waals surface area contributed by atoms with E-state index in [1.165, 1.54) is 6.92 Å². The summed E-state index contributed by atoms with van der Waals surface area (Å²) >= 11 is 0. The molecule has 1 aromatic heterocycles. The Kier molecular flexibility index (Phi) is 5.39. The van der Waals surface area contributed by atoms with Crippen LogP contribution in [0.1, 0.15) is 20.8 Å². The zero-order chi connectivity index (χ0) is 20.3. The molecule has 0 aliphatic carbocycles. The van der Waals surface area contributed by atoms with Gasteiger partial charge in [0.15, 0.2) is 5.52 Å². The van der Waals surface area contributed by atoms with Crippen molar-refractivity contribution in [3.05, 3.63) is 40.4 Å². The minimum absolute atomic E-state index is 0.0896. The molecule has 0 saturated carbocycles. The summed E-state index contributed by atoms with van der Waals surface area (Å²) in [5, 5.41) is 25.1. The van der Waals surface area contributed by atoms with Crippen molar-refractivity contribution in [1.29, 1.82) is 0 Å². The number of benzene rings is 2. The number of anilines is 4. The van der Waals surface area contributed by atoms with Gasteiger partial charge in [-0.1, -0.05) is 0 Å². The van der Waals surface area contributed by atoms with Gasteiger partial charge < -0.3 is 15.5 Å². The molecule has 2 N–H and O–H groups in total. The fraction of sp³-hybridized carbons (Fsp3) is 0.278.